The lowest BCUT2D eigenvalue weighted by Gasteiger charge is -2.14. The van der Waals surface area contributed by atoms with Crippen LogP contribution >= 0.6 is 11.8 Å². The van der Waals surface area contributed by atoms with Crippen molar-refractivity contribution in [2.75, 3.05) is 5.75 Å². The molecule has 0 aliphatic heterocycles. The summed E-state index contributed by atoms with van der Waals surface area (Å²) in [5.41, 5.74) is 2.69. The van der Waals surface area contributed by atoms with Crippen LogP contribution in [-0.4, -0.2) is 21.6 Å². The largest absolute Gasteiger partial charge is 0.349 e. The molecule has 120 valence electrons. The lowest BCUT2D eigenvalue weighted by Crippen LogP contribution is -2.28. The van der Waals surface area contributed by atoms with Crippen LogP contribution in [0.3, 0.4) is 0 Å². The van der Waals surface area contributed by atoms with E-state index in [-0.39, 0.29) is 23.3 Å². The van der Waals surface area contributed by atoms with Gasteiger partial charge in [-0.25, -0.2) is 4.98 Å². The molecule has 1 aromatic heterocycles. The fourth-order valence-corrected chi connectivity index (χ4v) is 3.42. The summed E-state index contributed by atoms with van der Waals surface area (Å²) in [6.07, 6.45) is 2.64. The first kappa shape index (κ1) is 15.8. The van der Waals surface area contributed by atoms with Crippen LogP contribution in [0.2, 0.25) is 0 Å². The van der Waals surface area contributed by atoms with Gasteiger partial charge in [-0.05, 0) is 31.7 Å². The summed E-state index contributed by atoms with van der Waals surface area (Å²) in [7, 11) is 0. The summed E-state index contributed by atoms with van der Waals surface area (Å²) in [4.78, 5) is 31.2. The van der Waals surface area contributed by atoms with Gasteiger partial charge in [-0.3, -0.25) is 9.59 Å². The van der Waals surface area contributed by atoms with Crippen LogP contribution in [0, 0.1) is 0 Å². The monoisotopic (exact) mass is 329 g/mol. The number of carbonyl (C=O) groups excluding carboxylic acids is 1. The van der Waals surface area contributed by atoms with Crippen molar-refractivity contribution in [1.29, 1.82) is 0 Å². The second kappa shape index (κ2) is 7.00. The minimum absolute atomic E-state index is 0.0451. The molecule has 0 radical (unpaired) electrons. The van der Waals surface area contributed by atoms with Gasteiger partial charge in [0, 0.05) is 5.56 Å². The molecule has 1 aromatic carbocycles. The Hall–Kier alpha value is -2.08. The van der Waals surface area contributed by atoms with Gasteiger partial charge in [0.05, 0.1) is 17.5 Å². The Balaban J connectivity index is 1.57. The minimum atomic E-state index is -0.0745. The van der Waals surface area contributed by atoms with E-state index in [2.05, 4.69) is 15.3 Å². The lowest BCUT2D eigenvalue weighted by molar-refractivity contribution is -0.119. The highest BCUT2D eigenvalue weighted by molar-refractivity contribution is 7.99. The van der Waals surface area contributed by atoms with E-state index in [0.29, 0.717) is 5.16 Å². The van der Waals surface area contributed by atoms with Crippen LogP contribution in [0.5, 0.6) is 0 Å². The zero-order chi connectivity index (χ0) is 16.2. The number of benzene rings is 1. The number of nitrogens with one attached hydrogen (secondary N) is 2. The first-order valence-corrected chi connectivity index (χ1v) is 8.71. The Labute approximate surface area is 138 Å². The molecule has 6 heteroatoms. The number of aromatic amines is 1. The van der Waals surface area contributed by atoms with Crippen molar-refractivity contribution in [2.24, 2.45) is 0 Å². The average Bonchev–Trinajstić information content (AvgIpc) is 3.03. The number of H-pyrrole nitrogens is 1. The fraction of sp³-hybridized carbons (Fsp3) is 0.353. The van der Waals surface area contributed by atoms with Crippen molar-refractivity contribution in [3.05, 3.63) is 57.5 Å². The number of hydrogen-bond donors (Lipinski definition) is 2. The predicted octanol–water partition coefficient (Wildman–Crippen LogP) is 2.23. The number of aromatic nitrogens is 2. The quantitative estimate of drug-likeness (QED) is 0.651. The molecular formula is C17H19N3O2S. The summed E-state index contributed by atoms with van der Waals surface area (Å²) in [5.74, 6) is 0.160. The zero-order valence-electron chi connectivity index (χ0n) is 13.0. The third-order valence-electron chi connectivity index (χ3n) is 3.94. The number of fused-ring (bicyclic) bond motifs is 1. The highest BCUT2D eigenvalue weighted by Gasteiger charge is 2.18. The van der Waals surface area contributed by atoms with Gasteiger partial charge >= 0.3 is 0 Å². The van der Waals surface area contributed by atoms with Crippen molar-refractivity contribution in [2.45, 2.75) is 37.4 Å². The number of amides is 1. The lowest BCUT2D eigenvalue weighted by atomic mass is 10.1. The number of aryl methyl sites for hydroxylation is 1. The zero-order valence-corrected chi connectivity index (χ0v) is 13.8. The Morgan fingerprint density at radius 1 is 1.35 bits per heavy atom. The van der Waals surface area contributed by atoms with Gasteiger partial charge in [0.2, 0.25) is 5.91 Å². The van der Waals surface area contributed by atoms with Gasteiger partial charge in [0.25, 0.3) is 5.56 Å². The topological polar surface area (TPSA) is 74.8 Å². The molecule has 0 fully saturated rings. The van der Waals surface area contributed by atoms with E-state index < -0.39 is 0 Å². The number of thioether (sulfide) groups is 1. The normalized spacial score (nSPS) is 14.3. The average molecular weight is 329 g/mol. The molecule has 1 aliphatic carbocycles. The Morgan fingerprint density at radius 2 is 2.13 bits per heavy atom. The molecule has 0 saturated heterocycles. The van der Waals surface area contributed by atoms with Gasteiger partial charge in [0.1, 0.15) is 0 Å². The van der Waals surface area contributed by atoms with Gasteiger partial charge in [-0.1, -0.05) is 42.1 Å². The van der Waals surface area contributed by atoms with E-state index in [4.69, 9.17) is 0 Å². The van der Waals surface area contributed by atoms with E-state index in [1.54, 1.807) is 0 Å². The van der Waals surface area contributed by atoms with E-state index in [1.807, 2.05) is 37.3 Å². The van der Waals surface area contributed by atoms with E-state index in [9.17, 15) is 9.59 Å². The number of carbonyl (C=O) groups is 1. The number of nitrogens with zero attached hydrogens (tertiary/aromatic N) is 1. The maximum absolute atomic E-state index is 12.1. The SMILES string of the molecule is C[C@@H](NC(=O)CSc1nc2c(c(=O)[nH]1)CCC2)c1ccccc1. The van der Waals surface area contributed by atoms with Crippen LogP contribution in [0.1, 0.15) is 36.2 Å². The molecule has 2 aromatic rings. The van der Waals surface area contributed by atoms with Gasteiger partial charge in [0.15, 0.2) is 5.16 Å². The van der Waals surface area contributed by atoms with Crippen molar-refractivity contribution in [3.63, 3.8) is 0 Å². The molecule has 1 heterocycles. The van der Waals surface area contributed by atoms with Crippen molar-refractivity contribution in [3.8, 4) is 0 Å². The Morgan fingerprint density at radius 3 is 2.91 bits per heavy atom. The van der Waals surface area contributed by atoms with Crippen molar-refractivity contribution in [1.82, 2.24) is 15.3 Å². The molecule has 1 aliphatic rings. The third kappa shape index (κ3) is 3.82. The maximum atomic E-state index is 12.1. The first-order valence-electron chi connectivity index (χ1n) is 7.72. The van der Waals surface area contributed by atoms with E-state index in [0.717, 1.165) is 36.1 Å². The summed E-state index contributed by atoms with van der Waals surface area (Å²) in [6.45, 7) is 1.95. The highest BCUT2D eigenvalue weighted by atomic mass is 32.2. The molecule has 0 spiro atoms. The predicted molar refractivity (Wildman–Crippen MR) is 90.6 cm³/mol. The smallest absolute Gasteiger partial charge is 0.254 e. The van der Waals surface area contributed by atoms with Crippen LogP contribution in [-0.2, 0) is 17.6 Å². The maximum Gasteiger partial charge on any atom is 0.254 e. The third-order valence-corrected chi connectivity index (χ3v) is 4.81. The van der Waals surface area contributed by atoms with Crippen LogP contribution in [0.4, 0.5) is 0 Å². The van der Waals surface area contributed by atoms with Gasteiger partial charge in [-0.2, -0.15) is 0 Å². The Bertz CT molecular complexity index is 758. The molecule has 5 nitrogen and oxygen atoms in total. The van der Waals surface area contributed by atoms with Gasteiger partial charge in [-0.15, -0.1) is 0 Å². The highest BCUT2D eigenvalue weighted by Crippen LogP contribution is 2.19. The molecule has 0 unspecified atom stereocenters. The summed E-state index contributed by atoms with van der Waals surface area (Å²) in [6, 6.07) is 9.77. The Kier molecular flexibility index (Phi) is 4.81. The molecule has 0 saturated carbocycles. The van der Waals surface area contributed by atoms with Crippen LogP contribution in [0.15, 0.2) is 40.3 Å². The summed E-state index contributed by atoms with van der Waals surface area (Å²) < 4.78 is 0. The molecule has 0 bridgehead atoms. The second-order valence-corrected chi connectivity index (χ2v) is 6.60. The van der Waals surface area contributed by atoms with Gasteiger partial charge < -0.3 is 10.3 Å². The van der Waals surface area contributed by atoms with E-state index >= 15 is 0 Å². The number of hydrogen-bond acceptors (Lipinski definition) is 4. The van der Waals surface area contributed by atoms with Crippen molar-refractivity contribution < 1.29 is 4.79 Å². The second-order valence-electron chi connectivity index (χ2n) is 5.64. The molecule has 3 rings (SSSR count). The summed E-state index contributed by atoms with van der Waals surface area (Å²) >= 11 is 1.27. The van der Waals surface area contributed by atoms with Crippen LogP contribution < -0.4 is 10.9 Å². The molecule has 2 N–H and O–H groups in total. The van der Waals surface area contributed by atoms with E-state index in [1.165, 1.54) is 11.8 Å². The fourth-order valence-electron chi connectivity index (χ4n) is 2.73. The van der Waals surface area contributed by atoms with Crippen LogP contribution in [0.25, 0.3) is 0 Å². The summed E-state index contributed by atoms with van der Waals surface area (Å²) in [5, 5.41) is 3.48. The standard InChI is InChI=1S/C17H19N3O2S/c1-11(12-6-3-2-4-7-12)18-15(21)10-23-17-19-14-9-5-8-13(14)16(22)20-17/h2-4,6-7,11H,5,8-10H2,1H3,(H,18,21)(H,19,20,22)/t11-/m1/s1. The molecule has 1 atom stereocenters. The molecule has 23 heavy (non-hydrogen) atoms. The first-order chi connectivity index (χ1) is 11.1. The molecule has 1 amide bonds. The van der Waals surface area contributed by atoms with Crippen molar-refractivity contribution >= 4 is 17.7 Å². The number of rotatable bonds is 5. The molecular weight excluding hydrogens is 310 g/mol. The minimum Gasteiger partial charge on any atom is -0.349 e.